The lowest BCUT2D eigenvalue weighted by Crippen LogP contribution is -2.29. The van der Waals surface area contributed by atoms with Crippen LogP contribution >= 0.6 is 0 Å². The summed E-state index contributed by atoms with van der Waals surface area (Å²) in [7, 11) is -1.46. The summed E-state index contributed by atoms with van der Waals surface area (Å²) in [6.07, 6.45) is 0. The summed E-state index contributed by atoms with van der Waals surface area (Å²) in [6, 6.07) is 25.8. The van der Waals surface area contributed by atoms with Gasteiger partial charge >= 0.3 is 7.12 Å². The van der Waals surface area contributed by atoms with Crippen molar-refractivity contribution in [2.24, 2.45) is 0 Å². The predicted octanol–water partition coefficient (Wildman–Crippen LogP) is 4.09. The zero-order chi connectivity index (χ0) is 17.7. The van der Waals surface area contributed by atoms with Crippen molar-refractivity contribution in [2.75, 3.05) is 0 Å². The highest BCUT2D eigenvalue weighted by atomic mass is 16.4. The molecule has 0 fully saturated rings. The van der Waals surface area contributed by atoms with Crippen LogP contribution in [0.2, 0.25) is 0 Å². The molecule has 0 aliphatic heterocycles. The fourth-order valence-electron chi connectivity index (χ4n) is 3.55. The van der Waals surface area contributed by atoms with E-state index in [0.717, 1.165) is 38.5 Å². The number of fused-ring (bicyclic) bond motifs is 4. The van der Waals surface area contributed by atoms with Crippen LogP contribution in [-0.4, -0.2) is 17.2 Å². The van der Waals surface area contributed by atoms with E-state index in [9.17, 15) is 10.0 Å². The van der Waals surface area contributed by atoms with Gasteiger partial charge in [0.25, 0.3) is 0 Å². The van der Waals surface area contributed by atoms with Gasteiger partial charge in [-0.3, -0.25) is 0 Å². The van der Waals surface area contributed by atoms with Gasteiger partial charge < -0.3 is 14.5 Å². The minimum Gasteiger partial charge on any atom is -0.455 e. The van der Waals surface area contributed by atoms with E-state index in [1.165, 1.54) is 5.39 Å². The van der Waals surface area contributed by atoms with Gasteiger partial charge in [0.2, 0.25) is 0 Å². The molecule has 4 heteroatoms. The summed E-state index contributed by atoms with van der Waals surface area (Å²) in [5.41, 5.74) is 4.14. The molecule has 0 unspecified atom stereocenters. The average molecular weight is 338 g/mol. The Morgan fingerprint density at radius 3 is 2.15 bits per heavy atom. The first kappa shape index (κ1) is 15.2. The number of para-hydroxylation sites is 1. The maximum Gasteiger partial charge on any atom is 0.488 e. The molecule has 0 aliphatic carbocycles. The van der Waals surface area contributed by atoms with Gasteiger partial charge in [-0.1, -0.05) is 66.7 Å². The van der Waals surface area contributed by atoms with Crippen molar-refractivity contribution in [2.45, 2.75) is 0 Å². The Hall–Kier alpha value is -3.08. The molecule has 0 amide bonds. The van der Waals surface area contributed by atoms with Crippen LogP contribution in [0.25, 0.3) is 43.8 Å². The maximum absolute atomic E-state index is 9.28. The molecule has 0 saturated heterocycles. The highest BCUT2D eigenvalue weighted by Crippen LogP contribution is 2.37. The normalized spacial score (nSPS) is 11.5. The number of rotatable bonds is 2. The summed E-state index contributed by atoms with van der Waals surface area (Å²) in [5, 5.41) is 23.1. The monoisotopic (exact) mass is 338 g/mol. The Morgan fingerprint density at radius 2 is 1.42 bits per heavy atom. The number of furan rings is 1. The van der Waals surface area contributed by atoms with E-state index in [-0.39, 0.29) is 0 Å². The zero-order valence-electron chi connectivity index (χ0n) is 13.9. The molecule has 1 aromatic heterocycles. The lowest BCUT2D eigenvalue weighted by Gasteiger charge is -2.04. The molecule has 0 atom stereocenters. The molecule has 4 aromatic carbocycles. The van der Waals surface area contributed by atoms with E-state index in [2.05, 4.69) is 30.3 Å². The fourth-order valence-corrected chi connectivity index (χ4v) is 3.55. The highest BCUT2D eigenvalue weighted by Gasteiger charge is 2.14. The van der Waals surface area contributed by atoms with Gasteiger partial charge in [-0.2, -0.15) is 0 Å². The molecule has 0 bridgehead atoms. The predicted molar refractivity (Wildman–Crippen MR) is 106 cm³/mol. The number of hydrogen-bond acceptors (Lipinski definition) is 3. The van der Waals surface area contributed by atoms with E-state index in [1.807, 2.05) is 36.4 Å². The molecule has 5 rings (SSSR count). The molecular weight excluding hydrogens is 323 g/mol. The third-order valence-corrected chi connectivity index (χ3v) is 4.88. The van der Waals surface area contributed by atoms with Crippen molar-refractivity contribution in [1.82, 2.24) is 0 Å². The van der Waals surface area contributed by atoms with Gasteiger partial charge in [0.05, 0.1) is 0 Å². The maximum atomic E-state index is 9.28. The largest absolute Gasteiger partial charge is 0.488 e. The van der Waals surface area contributed by atoms with Crippen LogP contribution in [0.5, 0.6) is 0 Å². The molecule has 5 aromatic rings. The van der Waals surface area contributed by atoms with E-state index in [0.29, 0.717) is 5.46 Å². The standard InChI is InChI=1S/C22H15BO3/c24-23(25)17-10-8-14(9-11-17)18-6-3-7-19-20-12-15-4-1-2-5-16(15)13-21(20)26-22(18)19/h1-13,24-25H. The summed E-state index contributed by atoms with van der Waals surface area (Å²) in [5.74, 6) is 0. The molecule has 1 heterocycles. The van der Waals surface area contributed by atoms with Crippen molar-refractivity contribution >= 4 is 45.3 Å². The Bertz CT molecular complexity index is 1250. The molecule has 0 saturated carbocycles. The molecule has 0 radical (unpaired) electrons. The van der Waals surface area contributed by atoms with Crippen LogP contribution in [-0.2, 0) is 0 Å². The number of hydrogen-bond donors (Lipinski definition) is 2. The lowest BCUT2D eigenvalue weighted by molar-refractivity contribution is 0.426. The molecule has 26 heavy (non-hydrogen) atoms. The second-order valence-corrected chi connectivity index (χ2v) is 6.48. The third kappa shape index (κ3) is 2.31. The molecule has 3 nitrogen and oxygen atoms in total. The first-order chi connectivity index (χ1) is 12.7. The Morgan fingerprint density at radius 1 is 0.692 bits per heavy atom. The first-order valence-corrected chi connectivity index (χ1v) is 8.51. The minimum atomic E-state index is -1.46. The van der Waals surface area contributed by atoms with E-state index in [1.54, 1.807) is 12.1 Å². The smallest absolute Gasteiger partial charge is 0.455 e. The highest BCUT2D eigenvalue weighted by molar-refractivity contribution is 6.58. The number of benzene rings is 4. The van der Waals surface area contributed by atoms with Crippen molar-refractivity contribution in [3.63, 3.8) is 0 Å². The van der Waals surface area contributed by atoms with Crippen LogP contribution in [0.1, 0.15) is 0 Å². The van der Waals surface area contributed by atoms with Crippen molar-refractivity contribution in [3.05, 3.63) is 78.9 Å². The Kier molecular flexibility index (Phi) is 3.35. The summed E-state index contributed by atoms with van der Waals surface area (Å²) in [6.45, 7) is 0. The SMILES string of the molecule is OB(O)c1ccc(-c2cccc3c2oc2cc4ccccc4cc23)cc1. The van der Waals surface area contributed by atoms with Crippen LogP contribution < -0.4 is 5.46 Å². The van der Waals surface area contributed by atoms with Crippen molar-refractivity contribution in [1.29, 1.82) is 0 Å². The second kappa shape index (κ2) is 5.73. The van der Waals surface area contributed by atoms with Gasteiger partial charge in [0.1, 0.15) is 11.2 Å². The molecule has 2 N–H and O–H groups in total. The van der Waals surface area contributed by atoms with E-state index < -0.39 is 7.12 Å². The molecule has 0 spiro atoms. The topological polar surface area (TPSA) is 53.6 Å². The fraction of sp³-hybridized carbons (Fsp3) is 0. The summed E-state index contributed by atoms with van der Waals surface area (Å²) < 4.78 is 6.23. The van der Waals surface area contributed by atoms with Gasteiger partial charge in [-0.25, -0.2) is 0 Å². The second-order valence-electron chi connectivity index (χ2n) is 6.48. The Balaban J connectivity index is 1.77. The van der Waals surface area contributed by atoms with Crippen LogP contribution in [0.3, 0.4) is 0 Å². The average Bonchev–Trinajstić information content (AvgIpc) is 3.03. The van der Waals surface area contributed by atoms with E-state index in [4.69, 9.17) is 4.42 Å². The van der Waals surface area contributed by atoms with Crippen molar-refractivity contribution < 1.29 is 14.5 Å². The third-order valence-electron chi connectivity index (χ3n) is 4.88. The van der Waals surface area contributed by atoms with Crippen LogP contribution in [0.4, 0.5) is 0 Å². The zero-order valence-corrected chi connectivity index (χ0v) is 13.9. The lowest BCUT2D eigenvalue weighted by atomic mass is 9.80. The molecule has 124 valence electrons. The van der Waals surface area contributed by atoms with Gasteiger partial charge in [-0.15, -0.1) is 0 Å². The Labute approximate surface area is 150 Å². The van der Waals surface area contributed by atoms with Crippen LogP contribution in [0.15, 0.2) is 83.3 Å². The minimum absolute atomic E-state index is 0.469. The van der Waals surface area contributed by atoms with Gasteiger partial charge in [0.15, 0.2) is 0 Å². The summed E-state index contributed by atoms with van der Waals surface area (Å²) >= 11 is 0. The van der Waals surface area contributed by atoms with Gasteiger partial charge in [0, 0.05) is 16.3 Å². The van der Waals surface area contributed by atoms with Gasteiger partial charge in [-0.05, 0) is 33.9 Å². The first-order valence-electron chi connectivity index (χ1n) is 8.51. The quantitative estimate of drug-likeness (QED) is 0.477. The molecule has 0 aliphatic rings. The van der Waals surface area contributed by atoms with Crippen molar-refractivity contribution in [3.8, 4) is 11.1 Å². The summed E-state index contributed by atoms with van der Waals surface area (Å²) in [4.78, 5) is 0. The molecular formula is C22H15BO3. The van der Waals surface area contributed by atoms with E-state index >= 15 is 0 Å². The van der Waals surface area contributed by atoms with Crippen LogP contribution in [0, 0.1) is 0 Å².